The van der Waals surface area contributed by atoms with Gasteiger partial charge >= 0.3 is 12.0 Å². The quantitative estimate of drug-likeness (QED) is 0.681. The van der Waals surface area contributed by atoms with Crippen LogP contribution in [0.15, 0.2) is 12.1 Å². The fourth-order valence-corrected chi connectivity index (χ4v) is 2.35. The van der Waals surface area contributed by atoms with E-state index in [1.807, 2.05) is 33.8 Å². The third-order valence-corrected chi connectivity index (χ3v) is 3.75. The molecule has 0 aliphatic carbocycles. The van der Waals surface area contributed by atoms with Gasteiger partial charge in [0, 0.05) is 5.54 Å². The average molecular weight is 378 g/mol. The maximum absolute atomic E-state index is 12.4. The highest BCUT2D eigenvalue weighted by Crippen LogP contribution is 2.33. The molecule has 1 aromatic carbocycles. The number of hydrogen-bond acceptors (Lipinski definition) is 5. The Morgan fingerprint density at radius 3 is 2.15 bits per heavy atom. The van der Waals surface area contributed by atoms with Crippen molar-refractivity contribution in [2.24, 2.45) is 0 Å². The van der Waals surface area contributed by atoms with Crippen molar-refractivity contribution in [3.63, 3.8) is 0 Å². The van der Waals surface area contributed by atoms with Crippen molar-refractivity contribution in [3.8, 4) is 5.75 Å². The van der Waals surface area contributed by atoms with E-state index < -0.39 is 30.1 Å². The Hall–Kier alpha value is -2.57. The first-order valence-electron chi connectivity index (χ1n) is 8.97. The van der Waals surface area contributed by atoms with Gasteiger partial charge < -0.3 is 15.2 Å². The fraction of sp³-hybridized carbons (Fsp3) is 0.550. The van der Waals surface area contributed by atoms with Crippen molar-refractivity contribution < 1.29 is 24.2 Å². The minimum Gasteiger partial charge on any atom is -0.507 e. The molecule has 0 spiro atoms. The van der Waals surface area contributed by atoms with Crippen molar-refractivity contribution in [2.45, 2.75) is 65.8 Å². The maximum atomic E-state index is 12.4. The van der Waals surface area contributed by atoms with Crippen LogP contribution < -0.4 is 10.6 Å². The number of aromatic hydroxyl groups is 1. The predicted octanol–water partition coefficient (Wildman–Crippen LogP) is 3.42. The number of carbonyl (C=O) groups excluding carboxylic acids is 3. The van der Waals surface area contributed by atoms with Gasteiger partial charge in [0.25, 0.3) is 5.91 Å². The molecule has 0 saturated carbocycles. The molecule has 3 N–H and O–H groups in total. The van der Waals surface area contributed by atoms with Crippen LogP contribution in [0.25, 0.3) is 0 Å². The van der Waals surface area contributed by atoms with Gasteiger partial charge in [-0.25, -0.2) is 9.59 Å². The molecule has 0 saturated heterocycles. The highest BCUT2D eigenvalue weighted by molar-refractivity contribution is 5.98. The second-order valence-corrected chi connectivity index (χ2v) is 8.14. The Labute approximate surface area is 160 Å². The van der Waals surface area contributed by atoms with Gasteiger partial charge in [-0.15, -0.1) is 0 Å². The molecular weight excluding hydrogens is 348 g/mol. The number of ether oxygens (including phenoxy) is 1. The van der Waals surface area contributed by atoms with E-state index >= 15 is 0 Å². The van der Waals surface area contributed by atoms with E-state index in [4.69, 9.17) is 4.74 Å². The number of benzene rings is 1. The van der Waals surface area contributed by atoms with E-state index in [0.717, 1.165) is 5.56 Å². The molecule has 0 radical (unpaired) electrons. The summed E-state index contributed by atoms with van der Waals surface area (Å²) < 4.78 is 4.98. The van der Waals surface area contributed by atoms with Crippen LogP contribution in [0.3, 0.4) is 0 Å². The summed E-state index contributed by atoms with van der Waals surface area (Å²) in [5.74, 6) is -1.55. The van der Waals surface area contributed by atoms with Crippen molar-refractivity contribution in [2.75, 3.05) is 6.61 Å². The molecule has 0 aromatic heterocycles. The van der Waals surface area contributed by atoms with Gasteiger partial charge in [-0.1, -0.05) is 33.8 Å². The first-order chi connectivity index (χ1) is 12.3. The highest BCUT2D eigenvalue weighted by Gasteiger charge is 2.22. The topological polar surface area (TPSA) is 105 Å². The molecule has 0 unspecified atom stereocenters. The van der Waals surface area contributed by atoms with E-state index in [-0.39, 0.29) is 23.1 Å². The van der Waals surface area contributed by atoms with Crippen LogP contribution in [0.1, 0.15) is 81.8 Å². The van der Waals surface area contributed by atoms with Gasteiger partial charge in [0.15, 0.2) is 6.61 Å². The molecule has 1 aromatic rings. The van der Waals surface area contributed by atoms with Gasteiger partial charge in [0.2, 0.25) is 0 Å². The average Bonchev–Trinajstić information content (AvgIpc) is 2.50. The molecule has 0 aliphatic rings. The van der Waals surface area contributed by atoms with Crippen LogP contribution in [0.4, 0.5) is 4.79 Å². The number of amides is 3. The molecule has 3 amide bonds. The van der Waals surface area contributed by atoms with Crippen molar-refractivity contribution in [1.29, 1.82) is 0 Å². The van der Waals surface area contributed by atoms with E-state index in [9.17, 15) is 19.5 Å². The van der Waals surface area contributed by atoms with Crippen LogP contribution >= 0.6 is 0 Å². The number of carbonyl (C=O) groups is 3. The van der Waals surface area contributed by atoms with E-state index in [1.54, 1.807) is 26.8 Å². The molecule has 0 bridgehead atoms. The minimum absolute atomic E-state index is 0.0110. The summed E-state index contributed by atoms with van der Waals surface area (Å²) in [4.78, 5) is 35.8. The second-order valence-electron chi connectivity index (χ2n) is 8.14. The number of phenols is 1. The summed E-state index contributed by atoms with van der Waals surface area (Å²) in [5.41, 5.74) is 1.04. The van der Waals surface area contributed by atoms with Crippen LogP contribution in [0, 0.1) is 0 Å². The highest BCUT2D eigenvalue weighted by atomic mass is 16.5. The van der Waals surface area contributed by atoms with Gasteiger partial charge in [-0.05, 0) is 49.8 Å². The normalized spacial score (nSPS) is 11.4. The lowest BCUT2D eigenvalue weighted by molar-refractivity contribution is -0.123. The zero-order chi connectivity index (χ0) is 20.9. The van der Waals surface area contributed by atoms with Crippen molar-refractivity contribution >= 4 is 17.9 Å². The Morgan fingerprint density at radius 1 is 1.07 bits per heavy atom. The summed E-state index contributed by atoms with van der Waals surface area (Å²) in [5, 5.41) is 15.1. The SMILES string of the molecule is CC(C)c1cc(C(=O)OCC(=O)NC(=O)NC(C)(C)C)c(O)c(C(C)C)c1. The molecule has 0 aliphatic heterocycles. The fourth-order valence-electron chi connectivity index (χ4n) is 2.35. The standard InChI is InChI=1S/C20H30N2O5/c1-11(2)13-8-14(12(3)4)17(24)15(9-13)18(25)27-10-16(23)21-19(26)22-20(5,6)7/h8-9,11-12,24H,10H2,1-7H3,(H2,21,22,23,26). The number of hydrogen-bond donors (Lipinski definition) is 3. The molecule has 0 atom stereocenters. The Kier molecular flexibility index (Phi) is 7.39. The first-order valence-corrected chi connectivity index (χ1v) is 8.97. The number of rotatable bonds is 5. The Morgan fingerprint density at radius 2 is 1.67 bits per heavy atom. The van der Waals surface area contributed by atoms with Crippen LogP contribution in [-0.2, 0) is 9.53 Å². The molecule has 7 nitrogen and oxygen atoms in total. The molecule has 150 valence electrons. The number of esters is 1. The van der Waals surface area contributed by atoms with Gasteiger partial charge in [-0.2, -0.15) is 0 Å². The summed E-state index contributed by atoms with van der Waals surface area (Å²) in [6.07, 6.45) is 0. The van der Waals surface area contributed by atoms with Crippen LogP contribution in [-0.4, -0.2) is 35.2 Å². The summed E-state index contributed by atoms with van der Waals surface area (Å²) in [6, 6.07) is 2.76. The number of phenolic OH excluding ortho intramolecular Hbond substituents is 1. The lowest BCUT2D eigenvalue weighted by Crippen LogP contribution is -2.49. The van der Waals surface area contributed by atoms with Crippen LogP contribution in [0.5, 0.6) is 5.75 Å². The third-order valence-electron chi connectivity index (χ3n) is 3.75. The van der Waals surface area contributed by atoms with E-state index in [2.05, 4.69) is 10.6 Å². The molecule has 1 rings (SSSR count). The second kappa shape index (κ2) is 8.88. The molecule has 7 heteroatoms. The van der Waals surface area contributed by atoms with Gasteiger partial charge in [-0.3, -0.25) is 10.1 Å². The molecular formula is C20H30N2O5. The summed E-state index contributed by atoms with van der Waals surface area (Å²) >= 11 is 0. The summed E-state index contributed by atoms with van der Waals surface area (Å²) in [7, 11) is 0. The third kappa shape index (κ3) is 6.92. The largest absolute Gasteiger partial charge is 0.507 e. The lowest BCUT2D eigenvalue weighted by atomic mass is 9.92. The number of imide groups is 1. The summed E-state index contributed by atoms with van der Waals surface area (Å²) in [6.45, 7) is 12.5. The van der Waals surface area contributed by atoms with E-state index in [1.165, 1.54) is 0 Å². The monoisotopic (exact) mass is 378 g/mol. The Bertz CT molecular complexity index is 718. The van der Waals surface area contributed by atoms with Crippen molar-refractivity contribution in [3.05, 3.63) is 28.8 Å². The number of nitrogens with one attached hydrogen (secondary N) is 2. The van der Waals surface area contributed by atoms with Crippen molar-refractivity contribution in [1.82, 2.24) is 10.6 Å². The number of urea groups is 1. The maximum Gasteiger partial charge on any atom is 0.342 e. The first kappa shape index (κ1) is 22.5. The molecule has 0 heterocycles. The minimum atomic E-state index is -0.816. The Balaban J connectivity index is 2.85. The molecule has 27 heavy (non-hydrogen) atoms. The van der Waals surface area contributed by atoms with Crippen LogP contribution in [0.2, 0.25) is 0 Å². The van der Waals surface area contributed by atoms with Gasteiger partial charge in [0.05, 0.1) is 0 Å². The smallest absolute Gasteiger partial charge is 0.342 e. The van der Waals surface area contributed by atoms with Gasteiger partial charge in [0.1, 0.15) is 11.3 Å². The molecule has 0 fully saturated rings. The zero-order valence-electron chi connectivity index (χ0n) is 17.1. The van der Waals surface area contributed by atoms with E-state index in [0.29, 0.717) is 5.56 Å². The zero-order valence-corrected chi connectivity index (χ0v) is 17.1. The predicted molar refractivity (Wildman–Crippen MR) is 103 cm³/mol. The lowest BCUT2D eigenvalue weighted by Gasteiger charge is -2.20.